The van der Waals surface area contributed by atoms with Gasteiger partial charge in [-0.1, -0.05) is 50.7 Å². The summed E-state index contributed by atoms with van der Waals surface area (Å²) in [6.45, 7) is 7.38. The Labute approximate surface area is 123 Å². The van der Waals surface area contributed by atoms with Gasteiger partial charge >= 0.3 is 0 Å². The van der Waals surface area contributed by atoms with E-state index in [1.165, 1.54) is 14.0 Å². The van der Waals surface area contributed by atoms with E-state index in [1.54, 1.807) is 0 Å². The van der Waals surface area contributed by atoms with Gasteiger partial charge in [-0.05, 0) is 31.4 Å². The van der Waals surface area contributed by atoms with Gasteiger partial charge in [0.15, 0.2) is 0 Å². The van der Waals surface area contributed by atoms with Crippen molar-refractivity contribution in [2.24, 2.45) is 10.9 Å². The van der Waals surface area contributed by atoms with Crippen LogP contribution in [0.1, 0.15) is 46.2 Å². The molecule has 1 aromatic rings. The Morgan fingerprint density at radius 1 is 1.25 bits per heavy atom. The van der Waals surface area contributed by atoms with E-state index in [1.807, 2.05) is 45.0 Å². The van der Waals surface area contributed by atoms with Crippen molar-refractivity contribution in [3.8, 4) is 0 Å². The van der Waals surface area contributed by atoms with Gasteiger partial charge in [-0.2, -0.15) is 0 Å². The lowest BCUT2D eigenvalue weighted by Gasteiger charge is -2.08. The van der Waals surface area contributed by atoms with Gasteiger partial charge in [0.25, 0.3) is 0 Å². The van der Waals surface area contributed by atoms with Crippen molar-refractivity contribution in [1.82, 2.24) is 0 Å². The molecule has 0 radical (unpaired) electrons. The quantitative estimate of drug-likeness (QED) is 0.665. The number of rotatable bonds is 5. The first-order valence-corrected chi connectivity index (χ1v) is 6.47. The summed E-state index contributed by atoms with van der Waals surface area (Å²) in [6, 6.07) is 7.37. The number of ketones is 1. The van der Waals surface area contributed by atoms with E-state index in [-0.39, 0.29) is 13.2 Å². The number of hydrogen-bond acceptors (Lipinski definition) is 4. The second-order valence-electron chi connectivity index (χ2n) is 3.98. The first-order chi connectivity index (χ1) is 9.04. The molecule has 0 heterocycles. The third-order valence-electron chi connectivity index (χ3n) is 2.58. The number of hydrogen-bond donors (Lipinski definition) is 1. The van der Waals surface area contributed by atoms with Gasteiger partial charge in [0, 0.05) is 0 Å². The van der Waals surface area contributed by atoms with Crippen LogP contribution >= 0.6 is 0 Å². The normalized spacial score (nSPS) is 11.6. The SMILES string of the molecule is C.CC.CO/N=C(/C)c1ccc(CC(N)C(C)=O)cc1. The Hall–Kier alpha value is -1.68. The number of nitrogens with two attached hydrogens (primary N) is 1. The van der Waals surface area contributed by atoms with E-state index in [2.05, 4.69) is 5.16 Å². The van der Waals surface area contributed by atoms with E-state index in [0.29, 0.717) is 6.42 Å². The van der Waals surface area contributed by atoms with Crippen LogP contribution in [0.2, 0.25) is 0 Å². The van der Waals surface area contributed by atoms with Gasteiger partial charge in [0.1, 0.15) is 12.9 Å². The number of carbonyl (C=O) groups is 1. The van der Waals surface area contributed by atoms with Gasteiger partial charge < -0.3 is 10.6 Å². The third kappa shape index (κ3) is 7.04. The van der Waals surface area contributed by atoms with Crippen LogP contribution in [0.25, 0.3) is 0 Å². The maximum absolute atomic E-state index is 11.0. The predicted octanol–water partition coefficient (Wildman–Crippen LogP) is 3.18. The summed E-state index contributed by atoms with van der Waals surface area (Å²) >= 11 is 0. The highest BCUT2D eigenvalue weighted by Crippen LogP contribution is 2.08. The van der Waals surface area contributed by atoms with Crippen LogP contribution in [0.15, 0.2) is 29.4 Å². The zero-order valence-electron chi connectivity index (χ0n) is 12.4. The molecule has 0 bridgehead atoms. The van der Waals surface area contributed by atoms with Crippen LogP contribution in [0.4, 0.5) is 0 Å². The molecule has 4 heteroatoms. The van der Waals surface area contributed by atoms with E-state index in [4.69, 9.17) is 10.6 Å². The molecule has 0 aliphatic rings. The van der Waals surface area contributed by atoms with E-state index >= 15 is 0 Å². The Balaban J connectivity index is 0. The number of nitrogens with zero attached hydrogens (tertiary/aromatic N) is 1. The average molecular weight is 280 g/mol. The number of Topliss-reactive ketones (excluding diaryl/α,β-unsaturated/α-hetero) is 1. The van der Waals surface area contributed by atoms with Crippen molar-refractivity contribution in [1.29, 1.82) is 0 Å². The third-order valence-corrected chi connectivity index (χ3v) is 2.58. The molecule has 0 amide bonds. The summed E-state index contributed by atoms with van der Waals surface area (Å²) in [5, 5.41) is 3.85. The van der Waals surface area contributed by atoms with Gasteiger partial charge in [-0.25, -0.2) is 0 Å². The monoisotopic (exact) mass is 280 g/mol. The van der Waals surface area contributed by atoms with Crippen molar-refractivity contribution in [3.63, 3.8) is 0 Å². The van der Waals surface area contributed by atoms with E-state index < -0.39 is 6.04 Å². The molecule has 0 aliphatic heterocycles. The second-order valence-corrected chi connectivity index (χ2v) is 3.98. The maximum atomic E-state index is 11.0. The van der Waals surface area contributed by atoms with Crippen molar-refractivity contribution in [3.05, 3.63) is 35.4 Å². The number of benzene rings is 1. The fraction of sp³-hybridized carbons (Fsp3) is 0.500. The highest BCUT2D eigenvalue weighted by atomic mass is 16.6. The first kappa shape index (κ1) is 20.6. The van der Waals surface area contributed by atoms with Crippen LogP contribution in [0.3, 0.4) is 0 Å². The molecule has 0 aromatic heterocycles. The molecule has 0 fully saturated rings. The van der Waals surface area contributed by atoms with Gasteiger partial charge in [-0.3, -0.25) is 4.79 Å². The molecule has 114 valence electrons. The predicted molar refractivity (Wildman–Crippen MR) is 86.1 cm³/mol. The van der Waals surface area contributed by atoms with Gasteiger partial charge in [0.2, 0.25) is 0 Å². The molecule has 20 heavy (non-hydrogen) atoms. The summed E-state index contributed by atoms with van der Waals surface area (Å²) < 4.78 is 0. The lowest BCUT2D eigenvalue weighted by atomic mass is 10.0. The topological polar surface area (TPSA) is 64.7 Å². The largest absolute Gasteiger partial charge is 0.399 e. The lowest BCUT2D eigenvalue weighted by Crippen LogP contribution is -2.30. The Morgan fingerprint density at radius 2 is 1.75 bits per heavy atom. The molecular formula is C16H28N2O2. The number of carbonyl (C=O) groups excluding carboxylic acids is 1. The summed E-state index contributed by atoms with van der Waals surface area (Å²) in [7, 11) is 1.52. The summed E-state index contributed by atoms with van der Waals surface area (Å²) in [6.07, 6.45) is 0.566. The molecule has 4 nitrogen and oxygen atoms in total. The summed E-state index contributed by atoms with van der Waals surface area (Å²) in [5.41, 5.74) is 8.55. The smallest absolute Gasteiger partial charge is 0.146 e. The lowest BCUT2D eigenvalue weighted by molar-refractivity contribution is -0.118. The highest BCUT2D eigenvalue weighted by molar-refractivity contribution is 5.98. The molecular weight excluding hydrogens is 252 g/mol. The Bertz CT molecular complexity index is 411. The van der Waals surface area contributed by atoms with Crippen molar-refractivity contribution in [2.75, 3.05) is 7.11 Å². The van der Waals surface area contributed by atoms with Crippen molar-refractivity contribution in [2.45, 2.75) is 47.6 Å². The van der Waals surface area contributed by atoms with Gasteiger partial charge in [-0.15, -0.1) is 0 Å². The molecule has 0 saturated heterocycles. The molecule has 2 N–H and O–H groups in total. The van der Waals surface area contributed by atoms with Crippen molar-refractivity contribution < 1.29 is 9.63 Å². The maximum Gasteiger partial charge on any atom is 0.146 e. The Kier molecular flexibility index (Phi) is 11.5. The minimum atomic E-state index is -0.422. The second kappa shape index (κ2) is 11.2. The summed E-state index contributed by atoms with van der Waals surface area (Å²) in [5.74, 6) is 0.00574. The van der Waals surface area contributed by atoms with Crippen LogP contribution < -0.4 is 5.73 Å². The fourth-order valence-corrected chi connectivity index (χ4v) is 1.47. The van der Waals surface area contributed by atoms with Crippen LogP contribution in [-0.2, 0) is 16.1 Å². The zero-order chi connectivity index (χ0) is 14.8. The molecule has 0 aliphatic carbocycles. The fourth-order valence-electron chi connectivity index (χ4n) is 1.47. The minimum Gasteiger partial charge on any atom is -0.399 e. The average Bonchev–Trinajstić information content (AvgIpc) is 2.42. The first-order valence-electron chi connectivity index (χ1n) is 6.47. The van der Waals surface area contributed by atoms with Crippen LogP contribution in [0, 0.1) is 0 Å². The van der Waals surface area contributed by atoms with E-state index in [0.717, 1.165) is 16.8 Å². The molecule has 0 spiro atoms. The van der Waals surface area contributed by atoms with Crippen molar-refractivity contribution >= 4 is 11.5 Å². The minimum absolute atomic E-state index is 0. The standard InChI is InChI=1S/C13H18N2O2.C2H6.CH4/c1-9(15-17-3)12-6-4-11(5-7-12)8-13(14)10(2)16;1-2;/h4-7,13H,8,14H2,1-3H3;1-2H3;1H4/b15-9-;;. The zero-order valence-corrected chi connectivity index (χ0v) is 12.4. The molecule has 0 saturated carbocycles. The molecule has 1 atom stereocenters. The summed E-state index contributed by atoms with van der Waals surface area (Å²) in [4.78, 5) is 15.8. The molecule has 1 aromatic carbocycles. The molecule has 1 unspecified atom stereocenters. The van der Waals surface area contributed by atoms with Crippen LogP contribution in [0.5, 0.6) is 0 Å². The van der Waals surface area contributed by atoms with E-state index in [9.17, 15) is 4.79 Å². The molecule has 1 rings (SSSR count). The van der Waals surface area contributed by atoms with Crippen LogP contribution in [-0.4, -0.2) is 24.6 Å². The Morgan fingerprint density at radius 3 is 2.15 bits per heavy atom. The highest BCUT2D eigenvalue weighted by Gasteiger charge is 2.08. The van der Waals surface area contributed by atoms with Gasteiger partial charge in [0.05, 0.1) is 11.8 Å². The number of oxime groups is 1.